The molecule has 2 aromatic carbocycles. The zero-order valence-electron chi connectivity index (χ0n) is 21.7. The third-order valence-corrected chi connectivity index (χ3v) is 7.50. The molecule has 0 unspecified atom stereocenters. The molecule has 0 aliphatic carbocycles. The van der Waals surface area contributed by atoms with E-state index in [0.717, 1.165) is 73.0 Å². The molecule has 1 fully saturated rings. The maximum Gasteiger partial charge on any atom is 0.248 e. The van der Waals surface area contributed by atoms with Crippen LogP contribution in [0.15, 0.2) is 78.6 Å². The Balaban J connectivity index is 1.64. The summed E-state index contributed by atoms with van der Waals surface area (Å²) in [6, 6.07) is 20.7. The van der Waals surface area contributed by atoms with Gasteiger partial charge in [-0.15, -0.1) is 0 Å². The average Bonchev–Trinajstić information content (AvgIpc) is 2.94. The number of carbonyl (C=O) groups excluding carboxylic acids is 1. The van der Waals surface area contributed by atoms with E-state index in [1.807, 2.05) is 30.6 Å². The van der Waals surface area contributed by atoms with Crippen LogP contribution in [0.3, 0.4) is 0 Å². The van der Waals surface area contributed by atoms with Gasteiger partial charge in [0.15, 0.2) is 0 Å². The number of primary amides is 1. The summed E-state index contributed by atoms with van der Waals surface area (Å²) in [6.45, 7) is 7.10. The van der Waals surface area contributed by atoms with Crippen LogP contribution in [-0.2, 0) is 19.4 Å². The van der Waals surface area contributed by atoms with Gasteiger partial charge in [-0.2, -0.15) is 0 Å². The summed E-state index contributed by atoms with van der Waals surface area (Å²) in [5.74, 6) is -0.359. The third kappa shape index (κ3) is 5.05. The number of fused-ring (bicyclic) bond motifs is 1. The first-order valence-corrected chi connectivity index (χ1v) is 13.2. The number of benzene rings is 2. The first-order valence-electron chi connectivity index (χ1n) is 13.2. The molecule has 0 radical (unpaired) electrons. The van der Waals surface area contributed by atoms with Crippen LogP contribution in [0.2, 0.25) is 0 Å². The Morgan fingerprint density at radius 3 is 2.22 bits per heavy atom. The molecular weight excluding hydrogens is 456 g/mol. The zero-order valence-corrected chi connectivity index (χ0v) is 21.7. The van der Waals surface area contributed by atoms with E-state index >= 15 is 0 Å². The van der Waals surface area contributed by atoms with Gasteiger partial charge in [-0.3, -0.25) is 19.7 Å². The minimum atomic E-state index is -0.359. The van der Waals surface area contributed by atoms with Gasteiger partial charge in [0.2, 0.25) is 5.91 Å². The molecule has 2 aromatic heterocycles. The molecule has 1 aliphatic heterocycles. The fraction of sp³-hybridized carbons (Fsp3) is 0.281. The van der Waals surface area contributed by atoms with Gasteiger partial charge in [-0.05, 0) is 72.2 Å². The van der Waals surface area contributed by atoms with E-state index in [4.69, 9.17) is 10.7 Å². The summed E-state index contributed by atoms with van der Waals surface area (Å²) in [7, 11) is 0. The van der Waals surface area contributed by atoms with Crippen molar-refractivity contribution in [2.24, 2.45) is 5.73 Å². The fourth-order valence-corrected chi connectivity index (χ4v) is 5.75. The highest BCUT2D eigenvalue weighted by Gasteiger charge is 2.24. The number of nitrogens with zero attached hydrogens (tertiary/aromatic N) is 3. The van der Waals surface area contributed by atoms with Crippen molar-refractivity contribution in [3.63, 3.8) is 0 Å². The second-order valence-electron chi connectivity index (χ2n) is 9.65. The molecule has 0 bridgehead atoms. The van der Waals surface area contributed by atoms with Gasteiger partial charge >= 0.3 is 0 Å². The van der Waals surface area contributed by atoms with E-state index in [0.29, 0.717) is 5.56 Å². The van der Waals surface area contributed by atoms with Crippen molar-refractivity contribution in [1.82, 2.24) is 14.9 Å². The van der Waals surface area contributed by atoms with Gasteiger partial charge in [0.05, 0.1) is 11.2 Å². The molecule has 5 rings (SSSR count). The Bertz CT molecular complexity index is 1440. The van der Waals surface area contributed by atoms with Crippen LogP contribution in [0.1, 0.15) is 65.0 Å². The number of likely N-dealkylation sites (tertiary alicyclic amines) is 1. The Hall–Kier alpha value is -3.83. The lowest BCUT2D eigenvalue weighted by Gasteiger charge is -2.31. The molecule has 0 spiro atoms. The summed E-state index contributed by atoms with van der Waals surface area (Å²) < 4.78 is 0. The Morgan fingerprint density at radius 2 is 1.51 bits per heavy atom. The van der Waals surface area contributed by atoms with Gasteiger partial charge in [0, 0.05) is 48.5 Å². The quantitative estimate of drug-likeness (QED) is 0.347. The molecule has 3 heterocycles. The summed E-state index contributed by atoms with van der Waals surface area (Å²) in [5, 5.41) is 1.13. The van der Waals surface area contributed by atoms with E-state index in [2.05, 4.69) is 66.2 Å². The number of nitrogens with two attached hydrogens (primary N) is 1. The lowest BCUT2D eigenvalue weighted by Crippen LogP contribution is -2.31. The second kappa shape index (κ2) is 11.1. The van der Waals surface area contributed by atoms with Crippen molar-refractivity contribution in [3.8, 4) is 0 Å². The van der Waals surface area contributed by atoms with E-state index in [9.17, 15) is 4.79 Å². The number of piperidine rings is 1. The van der Waals surface area contributed by atoms with Crippen molar-refractivity contribution in [1.29, 1.82) is 0 Å². The SMILES string of the molecule is CCc1c(C(N)=O)ccc(C(=C2CCN(Cc3ccccn3)CC2)c2cccc3cccnc23)c1CC. The molecular formula is C32H34N4O. The number of carbonyl (C=O) groups is 1. The first kappa shape index (κ1) is 24.8. The van der Waals surface area contributed by atoms with Crippen LogP contribution in [-0.4, -0.2) is 33.9 Å². The third-order valence-electron chi connectivity index (χ3n) is 7.50. The summed E-state index contributed by atoms with van der Waals surface area (Å²) >= 11 is 0. The van der Waals surface area contributed by atoms with E-state index < -0.39 is 0 Å². The Morgan fingerprint density at radius 1 is 0.811 bits per heavy atom. The molecule has 1 saturated heterocycles. The molecule has 0 saturated carbocycles. The molecule has 5 heteroatoms. The average molecular weight is 491 g/mol. The van der Waals surface area contributed by atoms with Gasteiger partial charge < -0.3 is 5.73 Å². The topological polar surface area (TPSA) is 72.1 Å². The minimum Gasteiger partial charge on any atom is -0.366 e. The van der Waals surface area contributed by atoms with Gasteiger partial charge in [-0.1, -0.05) is 55.8 Å². The highest BCUT2D eigenvalue weighted by atomic mass is 16.1. The number of para-hydroxylation sites is 1. The molecule has 37 heavy (non-hydrogen) atoms. The lowest BCUT2D eigenvalue weighted by molar-refractivity contribution is 0.0999. The smallest absolute Gasteiger partial charge is 0.248 e. The number of hydrogen-bond acceptors (Lipinski definition) is 4. The Labute approximate surface area is 219 Å². The summed E-state index contributed by atoms with van der Waals surface area (Å²) in [5.41, 5.74) is 15.9. The van der Waals surface area contributed by atoms with Crippen LogP contribution in [0, 0.1) is 0 Å². The van der Waals surface area contributed by atoms with Crippen LogP contribution in [0.5, 0.6) is 0 Å². The first-order chi connectivity index (χ1) is 18.1. The van der Waals surface area contributed by atoms with Crippen molar-refractivity contribution in [3.05, 3.63) is 112 Å². The normalized spacial score (nSPS) is 14.2. The molecule has 2 N–H and O–H groups in total. The molecule has 188 valence electrons. The van der Waals surface area contributed by atoms with Crippen LogP contribution < -0.4 is 5.73 Å². The molecule has 1 amide bonds. The highest BCUT2D eigenvalue weighted by molar-refractivity contribution is 5.99. The van der Waals surface area contributed by atoms with Crippen LogP contribution in [0.25, 0.3) is 16.5 Å². The maximum atomic E-state index is 12.3. The van der Waals surface area contributed by atoms with Gasteiger partial charge in [0.1, 0.15) is 0 Å². The number of hydrogen-bond donors (Lipinski definition) is 1. The predicted molar refractivity (Wildman–Crippen MR) is 150 cm³/mol. The number of pyridine rings is 2. The molecule has 1 aliphatic rings. The van der Waals surface area contributed by atoms with E-state index in [-0.39, 0.29) is 5.91 Å². The second-order valence-corrected chi connectivity index (χ2v) is 9.65. The monoisotopic (exact) mass is 490 g/mol. The summed E-state index contributed by atoms with van der Waals surface area (Å²) in [4.78, 5) is 24.1. The van der Waals surface area contributed by atoms with Crippen molar-refractivity contribution in [2.45, 2.75) is 46.1 Å². The van der Waals surface area contributed by atoms with Crippen LogP contribution in [0.4, 0.5) is 0 Å². The van der Waals surface area contributed by atoms with Gasteiger partial charge in [0.25, 0.3) is 0 Å². The van der Waals surface area contributed by atoms with Crippen molar-refractivity contribution < 1.29 is 4.79 Å². The maximum absolute atomic E-state index is 12.3. The standard InChI is InChI=1S/C32H34N4O/c1-3-25-26(4-2)28(32(33)37)14-13-27(25)30(29-12-7-9-23-10-8-18-35-31(23)29)22-15-19-36(20-16-22)21-24-11-5-6-17-34-24/h5-14,17-18H,3-4,15-16,19-21H2,1-2H3,(H2,33,37). The zero-order chi connectivity index (χ0) is 25.8. The number of rotatable bonds is 7. The molecule has 4 aromatic rings. The van der Waals surface area contributed by atoms with E-state index in [1.54, 1.807) is 0 Å². The van der Waals surface area contributed by atoms with Crippen molar-refractivity contribution in [2.75, 3.05) is 13.1 Å². The highest BCUT2D eigenvalue weighted by Crippen LogP contribution is 2.38. The largest absolute Gasteiger partial charge is 0.366 e. The van der Waals surface area contributed by atoms with Crippen molar-refractivity contribution >= 4 is 22.4 Å². The minimum absolute atomic E-state index is 0.359. The predicted octanol–water partition coefficient (Wildman–Crippen LogP) is 5.95. The fourth-order valence-electron chi connectivity index (χ4n) is 5.75. The van der Waals surface area contributed by atoms with Crippen LogP contribution >= 0.6 is 0 Å². The number of aromatic nitrogens is 2. The van der Waals surface area contributed by atoms with Gasteiger partial charge in [-0.25, -0.2) is 0 Å². The van der Waals surface area contributed by atoms with E-state index in [1.165, 1.54) is 22.3 Å². The molecule has 5 nitrogen and oxygen atoms in total. The summed E-state index contributed by atoms with van der Waals surface area (Å²) in [6.07, 6.45) is 7.30. The number of amides is 1. The molecule has 0 atom stereocenters. The Kier molecular flexibility index (Phi) is 7.42. The lowest BCUT2D eigenvalue weighted by atomic mass is 9.82.